The molecular formula is C17H18ClFN2O3S. The summed E-state index contributed by atoms with van der Waals surface area (Å²) in [7, 11) is -3.76. The van der Waals surface area contributed by atoms with Crippen molar-refractivity contribution in [1.29, 1.82) is 0 Å². The molecule has 0 spiro atoms. The third-order valence-electron chi connectivity index (χ3n) is 3.59. The molecule has 2 aromatic rings. The maximum Gasteiger partial charge on any atom is 0.247 e. The van der Waals surface area contributed by atoms with Gasteiger partial charge < -0.3 is 5.32 Å². The summed E-state index contributed by atoms with van der Waals surface area (Å²) in [5.74, 6) is -1.09. The first-order valence-electron chi connectivity index (χ1n) is 7.41. The van der Waals surface area contributed by atoms with Crippen LogP contribution in [0.4, 0.5) is 15.8 Å². The Labute approximate surface area is 151 Å². The molecule has 134 valence electrons. The number of rotatable bonds is 5. The monoisotopic (exact) mass is 384 g/mol. The van der Waals surface area contributed by atoms with Gasteiger partial charge >= 0.3 is 0 Å². The van der Waals surface area contributed by atoms with Crippen molar-refractivity contribution in [3.8, 4) is 0 Å². The van der Waals surface area contributed by atoms with Crippen LogP contribution in [0.15, 0.2) is 42.5 Å². The molecule has 0 saturated heterocycles. The van der Waals surface area contributed by atoms with E-state index in [0.29, 0.717) is 16.3 Å². The lowest BCUT2D eigenvalue weighted by atomic mass is 10.1. The van der Waals surface area contributed by atoms with Crippen LogP contribution in [0.25, 0.3) is 0 Å². The fraction of sp³-hybridized carbons (Fsp3) is 0.235. The number of hydrogen-bond acceptors (Lipinski definition) is 3. The van der Waals surface area contributed by atoms with Gasteiger partial charge in [0.1, 0.15) is 11.9 Å². The number of benzene rings is 2. The maximum absolute atomic E-state index is 13.3. The van der Waals surface area contributed by atoms with Crippen LogP contribution in [0.1, 0.15) is 12.5 Å². The summed E-state index contributed by atoms with van der Waals surface area (Å²) < 4.78 is 38.8. The summed E-state index contributed by atoms with van der Waals surface area (Å²) in [5, 5.41) is 2.87. The van der Waals surface area contributed by atoms with Gasteiger partial charge in [-0.3, -0.25) is 9.10 Å². The highest BCUT2D eigenvalue weighted by molar-refractivity contribution is 7.92. The molecule has 5 nitrogen and oxygen atoms in total. The zero-order valence-electron chi connectivity index (χ0n) is 14.0. The first-order valence-corrected chi connectivity index (χ1v) is 9.64. The highest BCUT2D eigenvalue weighted by Crippen LogP contribution is 2.28. The summed E-state index contributed by atoms with van der Waals surface area (Å²) in [6.07, 6.45) is 1.01. The van der Waals surface area contributed by atoms with Crippen LogP contribution in [-0.2, 0) is 14.8 Å². The average Bonchev–Trinajstić information content (AvgIpc) is 2.49. The largest absolute Gasteiger partial charge is 0.324 e. The van der Waals surface area contributed by atoms with Gasteiger partial charge in [-0.05, 0) is 49.7 Å². The van der Waals surface area contributed by atoms with Gasteiger partial charge in [0.2, 0.25) is 15.9 Å². The SMILES string of the molecule is Cc1ccc(Cl)cc1N([C@H](C)C(=O)Nc1cccc(F)c1)S(C)(=O)=O. The Bertz CT molecular complexity index is 903. The number of nitrogens with one attached hydrogen (secondary N) is 1. The third-order valence-corrected chi connectivity index (χ3v) is 5.05. The molecule has 0 aromatic heterocycles. The first kappa shape index (κ1) is 19.2. The molecular weight excluding hydrogens is 367 g/mol. The van der Waals surface area contributed by atoms with Gasteiger partial charge in [-0.25, -0.2) is 12.8 Å². The topological polar surface area (TPSA) is 66.5 Å². The van der Waals surface area contributed by atoms with E-state index in [2.05, 4.69) is 5.32 Å². The average molecular weight is 385 g/mol. The second-order valence-electron chi connectivity index (χ2n) is 5.67. The summed E-state index contributed by atoms with van der Waals surface area (Å²) >= 11 is 5.98. The van der Waals surface area contributed by atoms with E-state index in [1.165, 1.54) is 31.2 Å². The fourth-order valence-corrected chi connectivity index (χ4v) is 3.80. The van der Waals surface area contributed by atoms with E-state index in [1.807, 2.05) is 0 Å². The van der Waals surface area contributed by atoms with Crippen molar-refractivity contribution in [3.63, 3.8) is 0 Å². The number of carbonyl (C=O) groups is 1. The molecule has 0 aliphatic heterocycles. The van der Waals surface area contributed by atoms with E-state index in [0.717, 1.165) is 16.6 Å². The van der Waals surface area contributed by atoms with Gasteiger partial charge in [0, 0.05) is 10.7 Å². The van der Waals surface area contributed by atoms with E-state index in [1.54, 1.807) is 19.1 Å². The minimum Gasteiger partial charge on any atom is -0.324 e. The molecule has 2 rings (SSSR count). The zero-order valence-corrected chi connectivity index (χ0v) is 15.5. The Hall–Kier alpha value is -2.12. The minimum atomic E-state index is -3.76. The second kappa shape index (κ2) is 7.41. The number of amides is 1. The number of hydrogen-bond donors (Lipinski definition) is 1. The molecule has 0 saturated carbocycles. The van der Waals surface area contributed by atoms with Crippen molar-refractivity contribution in [2.45, 2.75) is 19.9 Å². The summed E-state index contributed by atoms with van der Waals surface area (Å²) in [6.45, 7) is 3.18. The van der Waals surface area contributed by atoms with Crippen LogP contribution < -0.4 is 9.62 Å². The van der Waals surface area contributed by atoms with Crippen LogP contribution in [-0.4, -0.2) is 26.6 Å². The van der Waals surface area contributed by atoms with Gasteiger partial charge in [0.05, 0.1) is 11.9 Å². The number of nitrogens with zero attached hydrogens (tertiary/aromatic N) is 1. The first-order chi connectivity index (χ1) is 11.6. The van der Waals surface area contributed by atoms with E-state index >= 15 is 0 Å². The molecule has 2 aromatic carbocycles. The number of sulfonamides is 1. The molecule has 0 heterocycles. The van der Waals surface area contributed by atoms with E-state index in [-0.39, 0.29) is 5.69 Å². The molecule has 0 radical (unpaired) electrons. The fourth-order valence-electron chi connectivity index (χ4n) is 2.41. The number of anilines is 2. The zero-order chi connectivity index (χ0) is 18.8. The predicted octanol–water partition coefficient (Wildman–Crippen LogP) is 3.58. The minimum absolute atomic E-state index is 0.244. The standard InChI is InChI=1S/C17H18ClFN2O3S/c1-11-7-8-13(18)9-16(11)21(25(3,23)24)12(2)17(22)20-15-6-4-5-14(19)10-15/h4-10,12H,1-3H3,(H,20,22)/t12-/m1/s1. The smallest absolute Gasteiger partial charge is 0.247 e. The van der Waals surface area contributed by atoms with Crippen LogP contribution >= 0.6 is 11.6 Å². The molecule has 8 heteroatoms. The third kappa shape index (κ3) is 4.70. The normalized spacial score (nSPS) is 12.5. The van der Waals surface area contributed by atoms with E-state index < -0.39 is 27.8 Å². The van der Waals surface area contributed by atoms with Crippen LogP contribution in [0.3, 0.4) is 0 Å². The van der Waals surface area contributed by atoms with Gasteiger partial charge in [0.15, 0.2) is 0 Å². The van der Waals surface area contributed by atoms with Crippen molar-refractivity contribution < 1.29 is 17.6 Å². The molecule has 1 atom stereocenters. The van der Waals surface area contributed by atoms with Crippen LogP contribution in [0.5, 0.6) is 0 Å². The summed E-state index contributed by atoms with van der Waals surface area (Å²) in [5.41, 5.74) is 1.21. The van der Waals surface area contributed by atoms with Crippen molar-refractivity contribution >= 4 is 38.9 Å². The number of aryl methyl sites for hydroxylation is 1. The quantitative estimate of drug-likeness (QED) is 0.856. The second-order valence-corrected chi connectivity index (χ2v) is 7.96. The highest BCUT2D eigenvalue weighted by atomic mass is 35.5. The van der Waals surface area contributed by atoms with E-state index in [4.69, 9.17) is 11.6 Å². The van der Waals surface area contributed by atoms with Crippen molar-refractivity contribution in [2.24, 2.45) is 0 Å². The Balaban J connectivity index is 2.38. The maximum atomic E-state index is 13.3. The molecule has 1 N–H and O–H groups in total. The van der Waals surface area contributed by atoms with Crippen molar-refractivity contribution in [3.05, 3.63) is 58.9 Å². The molecule has 25 heavy (non-hydrogen) atoms. The molecule has 0 fully saturated rings. The van der Waals surface area contributed by atoms with Gasteiger partial charge in [-0.15, -0.1) is 0 Å². The Kier molecular flexibility index (Phi) is 5.69. The molecule has 0 unspecified atom stereocenters. The molecule has 1 amide bonds. The lowest BCUT2D eigenvalue weighted by Gasteiger charge is -2.29. The lowest BCUT2D eigenvalue weighted by Crippen LogP contribution is -2.45. The van der Waals surface area contributed by atoms with Crippen LogP contribution in [0.2, 0.25) is 5.02 Å². The van der Waals surface area contributed by atoms with E-state index in [9.17, 15) is 17.6 Å². The number of halogens is 2. The van der Waals surface area contributed by atoms with Gasteiger partial charge in [-0.1, -0.05) is 23.7 Å². The van der Waals surface area contributed by atoms with Crippen molar-refractivity contribution in [2.75, 3.05) is 15.9 Å². The molecule has 0 aliphatic rings. The summed E-state index contributed by atoms with van der Waals surface area (Å²) in [6, 6.07) is 9.11. The molecule has 0 bridgehead atoms. The number of carbonyl (C=O) groups excluding carboxylic acids is 1. The van der Waals surface area contributed by atoms with Crippen molar-refractivity contribution in [1.82, 2.24) is 0 Å². The predicted molar refractivity (Wildman–Crippen MR) is 98.0 cm³/mol. The Morgan fingerprint density at radius 2 is 1.92 bits per heavy atom. The lowest BCUT2D eigenvalue weighted by molar-refractivity contribution is -0.116. The Morgan fingerprint density at radius 3 is 2.52 bits per heavy atom. The highest BCUT2D eigenvalue weighted by Gasteiger charge is 2.30. The van der Waals surface area contributed by atoms with Gasteiger partial charge in [-0.2, -0.15) is 0 Å². The van der Waals surface area contributed by atoms with Gasteiger partial charge in [0.25, 0.3) is 0 Å². The molecule has 0 aliphatic carbocycles. The Morgan fingerprint density at radius 1 is 1.24 bits per heavy atom. The summed E-state index contributed by atoms with van der Waals surface area (Å²) in [4.78, 5) is 12.5. The van der Waals surface area contributed by atoms with Crippen LogP contribution in [0, 0.1) is 12.7 Å².